The predicted octanol–water partition coefficient (Wildman–Crippen LogP) is 2.31. The van der Waals surface area contributed by atoms with Gasteiger partial charge in [-0.1, -0.05) is 6.92 Å². The Kier molecular flexibility index (Phi) is 4.65. The lowest BCUT2D eigenvalue weighted by molar-refractivity contribution is 0.124. The van der Waals surface area contributed by atoms with Crippen LogP contribution in [0.2, 0.25) is 0 Å². The maximum absolute atomic E-state index is 9.00. The molecule has 17 heavy (non-hydrogen) atoms. The molecule has 0 aliphatic rings. The first-order valence-electron chi connectivity index (χ1n) is 5.55. The van der Waals surface area contributed by atoms with Crippen molar-refractivity contribution in [2.24, 2.45) is 0 Å². The minimum atomic E-state index is -0.326. The summed E-state index contributed by atoms with van der Waals surface area (Å²) in [5.41, 5.74) is 6.02. The van der Waals surface area contributed by atoms with Gasteiger partial charge >= 0.3 is 0 Å². The number of thioether (sulfide) groups is 1. The van der Waals surface area contributed by atoms with E-state index in [-0.39, 0.29) is 17.5 Å². The summed E-state index contributed by atoms with van der Waals surface area (Å²) in [5.74, 6) is 0.452. The number of aromatic nitrogens is 1. The summed E-state index contributed by atoms with van der Waals surface area (Å²) >= 11 is 1.50. The SMILES string of the molecule is CC(CO)Sc1ccc(N)c(OC(C)(C)C)n1. The lowest BCUT2D eigenvalue weighted by Crippen LogP contribution is -2.24. The van der Waals surface area contributed by atoms with E-state index in [9.17, 15) is 0 Å². The van der Waals surface area contributed by atoms with Gasteiger partial charge in [0.05, 0.1) is 12.3 Å². The van der Waals surface area contributed by atoms with Crippen LogP contribution in [0, 0.1) is 0 Å². The van der Waals surface area contributed by atoms with Gasteiger partial charge in [0.1, 0.15) is 10.6 Å². The highest BCUT2D eigenvalue weighted by Gasteiger charge is 2.16. The van der Waals surface area contributed by atoms with E-state index in [1.54, 1.807) is 6.07 Å². The number of nitrogens with two attached hydrogens (primary N) is 1. The largest absolute Gasteiger partial charge is 0.470 e. The zero-order chi connectivity index (χ0) is 13.1. The average molecular weight is 256 g/mol. The van der Waals surface area contributed by atoms with Crippen molar-refractivity contribution in [1.29, 1.82) is 0 Å². The third-order valence-corrected chi connectivity index (χ3v) is 2.87. The Balaban J connectivity index is 2.87. The molecule has 0 amide bonds. The van der Waals surface area contributed by atoms with Gasteiger partial charge in [0.15, 0.2) is 0 Å². The summed E-state index contributed by atoms with van der Waals surface area (Å²) in [6, 6.07) is 3.61. The van der Waals surface area contributed by atoms with Gasteiger partial charge in [0.25, 0.3) is 0 Å². The molecule has 1 rings (SSSR count). The molecule has 0 aliphatic carbocycles. The third-order valence-electron chi connectivity index (χ3n) is 1.85. The molecule has 4 nitrogen and oxygen atoms in total. The lowest BCUT2D eigenvalue weighted by atomic mass is 10.2. The van der Waals surface area contributed by atoms with E-state index in [0.29, 0.717) is 11.6 Å². The van der Waals surface area contributed by atoms with Crippen molar-refractivity contribution in [2.45, 2.75) is 43.6 Å². The van der Waals surface area contributed by atoms with Gasteiger partial charge in [-0.25, -0.2) is 4.98 Å². The van der Waals surface area contributed by atoms with Crippen molar-refractivity contribution >= 4 is 17.4 Å². The van der Waals surface area contributed by atoms with E-state index in [4.69, 9.17) is 15.6 Å². The smallest absolute Gasteiger partial charge is 0.238 e. The van der Waals surface area contributed by atoms with Crippen LogP contribution in [0.1, 0.15) is 27.7 Å². The summed E-state index contributed by atoms with van der Waals surface area (Å²) in [5, 5.41) is 9.91. The maximum atomic E-state index is 9.00. The quantitative estimate of drug-likeness (QED) is 0.809. The Hall–Kier alpha value is -0.940. The number of aliphatic hydroxyl groups is 1. The van der Waals surface area contributed by atoms with Crippen LogP contribution in [0.3, 0.4) is 0 Å². The molecule has 0 spiro atoms. The van der Waals surface area contributed by atoms with Gasteiger partial charge in [-0.2, -0.15) is 0 Å². The number of ether oxygens (including phenoxy) is 1. The van der Waals surface area contributed by atoms with Crippen LogP contribution < -0.4 is 10.5 Å². The fourth-order valence-electron chi connectivity index (χ4n) is 1.12. The second-order valence-electron chi connectivity index (χ2n) is 4.87. The average Bonchev–Trinajstić information content (AvgIpc) is 2.21. The molecule has 0 bridgehead atoms. The third kappa shape index (κ3) is 4.83. The van der Waals surface area contributed by atoms with Crippen molar-refractivity contribution in [3.8, 4) is 5.88 Å². The monoisotopic (exact) mass is 256 g/mol. The summed E-state index contributed by atoms with van der Waals surface area (Å²) in [6.07, 6.45) is 0. The molecule has 1 aromatic heterocycles. The van der Waals surface area contributed by atoms with Gasteiger partial charge in [-0.15, -0.1) is 11.8 Å². The van der Waals surface area contributed by atoms with Crippen LogP contribution >= 0.6 is 11.8 Å². The van der Waals surface area contributed by atoms with Crippen LogP contribution in [0.15, 0.2) is 17.2 Å². The molecular formula is C12H20N2O2S. The van der Waals surface area contributed by atoms with Crippen molar-refractivity contribution in [3.63, 3.8) is 0 Å². The molecule has 96 valence electrons. The number of anilines is 1. The highest BCUT2D eigenvalue weighted by molar-refractivity contribution is 7.99. The molecule has 5 heteroatoms. The molecule has 0 aromatic carbocycles. The zero-order valence-corrected chi connectivity index (χ0v) is 11.5. The summed E-state index contributed by atoms with van der Waals surface area (Å²) in [4.78, 5) is 4.35. The summed E-state index contributed by atoms with van der Waals surface area (Å²) in [7, 11) is 0. The molecule has 0 aliphatic heterocycles. The van der Waals surface area contributed by atoms with E-state index in [1.807, 2.05) is 33.8 Å². The Labute approximate surface area is 107 Å². The molecule has 0 fully saturated rings. The van der Waals surface area contributed by atoms with Crippen molar-refractivity contribution in [3.05, 3.63) is 12.1 Å². The second kappa shape index (κ2) is 5.60. The minimum absolute atomic E-state index is 0.105. The Morgan fingerprint density at radius 1 is 1.47 bits per heavy atom. The van der Waals surface area contributed by atoms with Gasteiger partial charge in [-0.3, -0.25) is 0 Å². The first-order chi connectivity index (χ1) is 7.81. The summed E-state index contributed by atoms with van der Waals surface area (Å²) < 4.78 is 5.68. The minimum Gasteiger partial charge on any atom is -0.470 e. The normalized spacial score (nSPS) is 13.5. The molecule has 0 saturated carbocycles. The number of hydrogen-bond acceptors (Lipinski definition) is 5. The van der Waals surface area contributed by atoms with Gasteiger partial charge in [0, 0.05) is 5.25 Å². The molecule has 0 radical (unpaired) electrons. The van der Waals surface area contributed by atoms with Crippen LogP contribution in [-0.2, 0) is 0 Å². The number of nitrogens with zero attached hydrogens (tertiary/aromatic N) is 1. The number of hydrogen-bond donors (Lipinski definition) is 2. The van der Waals surface area contributed by atoms with Crippen molar-refractivity contribution in [2.75, 3.05) is 12.3 Å². The van der Waals surface area contributed by atoms with Gasteiger partial charge in [-0.05, 0) is 32.9 Å². The highest BCUT2D eigenvalue weighted by Crippen LogP contribution is 2.28. The van der Waals surface area contributed by atoms with E-state index in [0.717, 1.165) is 5.03 Å². The number of rotatable bonds is 4. The fraction of sp³-hybridized carbons (Fsp3) is 0.583. The van der Waals surface area contributed by atoms with Crippen LogP contribution in [0.5, 0.6) is 5.88 Å². The first kappa shape index (κ1) is 14.1. The van der Waals surface area contributed by atoms with Crippen molar-refractivity contribution in [1.82, 2.24) is 4.98 Å². The Bertz CT molecular complexity index is 377. The van der Waals surface area contributed by atoms with Crippen molar-refractivity contribution < 1.29 is 9.84 Å². The highest BCUT2D eigenvalue weighted by atomic mass is 32.2. The van der Waals surface area contributed by atoms with Gasteiger partial charge in [0.2, 0.25) is 5.88 Å². The molecule has 1 heterocycles. The summed E-state index contributed by atoms with van der Waals surface area (Å²) in [6.45, 7) is 7.90. The molecule has 0 saturated heterocycles. The standard InChI is InChI=1S/C12H20N2O2S/c1-8(7-15)17-10-6-5-9(13)11(14-10)16-12(2,3)4/h5-6,8,15H,7,13H2,1-4H3. The molecule has 1 unspecified atom stereocenters. The van der Waals surface area contributed by atoms with E-state index in [2.05, 4.69) is 4.98 Å². The number of pyridine rings is 1. The fourth-order valence-corrected chi connectivity index (χ4v) is 1.88. The van der Waals surface area contributed by atoms with E-state index in [1.165, 1.54) is 11.8 Å². The van der Waals surface area contributed by atoms with Crippen LogP contribution in [0.25, 0.3) is 0 Å². The van der Waals surface area contributed by atoms with E-state index < -0.39 is 0 Å². The lowest BCUT2D eigenvalue weighted by Gasteiger charge is -2.21. The topological polar surface area (TPSA) is 68.4 Å². The molecule has 1 aromatic rings. The van der Waals surface area contributed by atoms with Crippen LogP contribution in [0.4, 0.5) is 5.69 Å². The Morgan fingerprint density at radius 3 is 2.65 bits per heavy atom. The molecule has 1 atom stereocenters. The Morgan fingerprint density at radius 2 is 2.12 bits per heavy atom. The first-order valence-corrected chi connectivity index (χ1v) is 6.43. The van der Waals surface area contributed by atoms with E-state index >= 15 is 0 Å². The zero-order valence-electron chi connectivity index (χ0n) is 10.7. The van der Waals surface area contributed by atoms with Crippen LogP contribution in [-0.4, -0.2) is 27.5 Å². The number of nitrogen functional groups attached to an aromatic ring is 1. The van der Waals surface area contributed by atoms with Gasteiger partial charge < -0.3 is 15.6 Å². The number of aliphatic hydroxyl groups excluding tert-OH is 1. The molecular weight excluding hydrogens is 236 g/mol. The molecule has 3 N–H and O–H groups in total. The maximum Gasteiger partial charge on any atom is 0.238 e. The predicted molar refractivity (Wildman–Crippen MR) is 71.4 cm³/mol. The second-order valence-corrected chi connectivity index (χ2v) is 6.33.